The van der Waals surface area contributed by atoms with Crippen LogP contribution in [-0.2, 0) is 16.0 Å². The van der Waals surface area contributed by atoms with E-state index in [2.05, 4.69) is 10.6 Å². The molecule has 126 valence electrons. The maximum absolute atomic E-state index is 13.2. The van der Waals surface area contributed by atoms with E-state index in [0.29, 0.717) is 10.6 Å². The molecule has 2 N–H and O–H groups in total. The van der Waals surface area contributed by atoms with E-state index in [1.54, 1.807) is 24.4 Å². The average Bonchev–Trinajstić information content (AvgIpc) is 2.98. The van der Waals surface area contributed by atoms with Crippen molar-refractivity contribution in [2.45, 2.75) is 20.3 Å². The number of anilines is 1. The smallest absolute Gasteiger partial charge is 0.243 e. The van der Waals surface area contributed by atoms with Crippen LogP contribution in [0.4, 0.5) is 10.1 Å². The Kier molecular flexibility index (Phi) is 5.81. The van der Waals surface area contributed by atoms with Gasteiger partial charge in [-0.3, -0.25) is 14.4 Å². The summed E-state index contributed by atoms with van der Waals surface area (Å²) in [5, 5.41) is 6.79. The lowest BCUT2D eigenvalue weighted by Crippen LogP contribution is -2.33. The Morgan fingerprint density at radius 1 is 1.17 bits per heavy atom. The van der Waals surface area contributed by atoms with Crippen molar-refractivity contribution in [1.29, 1.82) is 0 Å². The molecule has 0 aliphatic carbocycles. The van der Waals surface area contributed by atoms with E-state index in [-0.39, 0.29) is 24.7 Å². The highest BCUT2D eigenvalue weighted by Gasteiger charge is 2.11. The van der Waals surface area contributed by atoms with Crippen molar-refractivity contribution < 1.29 is 18.8 Å². The molecule has 0 unspecified atom stereocenters. The molecule has 1 aromatic carbocycles. The zero-order chi connectivity index (χ0) is 17.7. The lowest BCUT2D eigenvalue weighted by atomic mass is 10.2. The Hall–Kier alpha value is -2.54. The third-order valence-corrected chi connectivity index (χ3v) is 4.37. The normalized spacial score (nSPS) is 10.3. The molecule has 24 heavy (non-hydrogen) atoms. The minimum atomic E-state index is -0.446. The minimum absolute atomic E-state index is 0.0449. The number of ketones is 1. The molecular formula is C17H17FN2O3S. The van der Waals surface area contributed by atoms with E-state index in [4.69, 9.17) is 0 Å². The SMILES string of the molecule is CC(=O)c1cc(CC(=O)NCC(=O)Nc2cc(F)ccc2C)cs1. The Balaban J connectivity index is 1.83. The number of benzene rings is 1. The summed E-state index contributed by atoms with van der Waals surface area (Å²) in [7, 11) is 0. The molecule has 2 amide bonds. The van der Waals surface area contributed by atoms with Crippen LogP contribution in [0, 0.1) is 12.7 Å². The van der Waals surface area contributed by atoms with Crippen molar-refractivity contribution in [2.24, 2.45) is 0 Å². The molecule has 0 aliphatic heterocycles. The summed E-state index contributed by atoms with van der Waals surface area (Å²) in [6.45, 7) is 3.00. The molecule has 1 heterocycles. The van der Waals surface area contributed by atoms with Gasteiger partial charge in [-0.25, -0.2) is 4.39 Å². The molecule has 1 aromatic heterocycles. The molecular weight excluding hydrogens is 331 g/mol. The molecule has 5 nitrogen and oxygen atoms in total. The Bertz CT molecular complexity index is 786. The van der Waals surface area contributed by atoms with E-state index in [9.17, 15) is 18.8 Å². The van der Waals surface area contributed by atoms with Gasteiger partial charge in [-0.05, 0) is 48.6 Å². The number of amides is 2. The third-order valence-electron chi connectivity index (χ3n) is 3.29. The van der Waals surface area contributed by atoms with E-state index in [0.717, 1.165) is 11.1 Å². The van der Waals surface area contributed by atoms with Crippen molar-refractivity contribution in [3.05, 3.63) is 51.5 Å². The number of hydrogen-bond donors (Lipinski definition) is 2. The molecule has 0 spiro atoms. The summed E-state index contributed by atoms with van der Waals surface area (Å²) in [5.41, 5.74) is 1.83. The van der Waals surface area contributed by atoms with Gasteiger partial charge in [0.15, 0.2) is 5.78 Å². The summed E-state index contributed by atoms with van der Waals surface area (Å²) >= 11 is 1.28. The zero-order valence-corrected chi connectivity index (χ0v) is 14.1. The fourth-order valence-electron chi connectivity index (χ4n) is 2.00. The fraction of sp³-hybridized carbons (Fsp3) is 0.235. The zero-order valence-electron chi connectivity index (χ0n) is 13.3. The Morgan fingerprint density at radius 2 is 1.92 bits per heavy atom. The second kappa shape index (κ2) is 7.83. The van der Waals surface area contributed by atoms with Gasteiger partial charge < -0.3 is 10.6 Å². The van der Waals surface area contributed by atoms with Gasteiger partial charge in [-0.2, -0.15) is 0 Å². The number of hydrogen-bond acceptors (Lipinski definition) is 4. The third kappa shape index (κ3) is 4.99. The van der Waals surface area contributed by atoms with Crippen LogP contribution in [0.1, 0.15) is 27.7 Å². The van der Waals surface area contributed by atoms with Gasteiger partial charge in [0.2, 0.25) is 11.8 Å². The molecule has 0 atom stereocenters. The largest absolute Gasteiger partial charge is 0.347 e. The molecule has 0 saturated heterocycles. The van der Waals surface area contributed by atoms with Gasteiger partial charge in [0, 0.05) is 5.69 Å². The first-order valence-electron chi connectivity index (χ1n) is 7.26. The van der Waals surface area contributed by atoms with Crippen molar-refractivity contribution in [2.75, 3.05) is 11.9 Å². The molecule has 2 rings (SSSR count). The van der Waals surface area contributed by atoms with Crippen LogP contribution in [0.2, 0.25) is 0 Å². The lowest BCUT2D eigenvalue weighted by molar-refractivity contribution is -0.123. The van der Waals surface area contributed by atoms with Crippen LogP contribution in [-0.4, -0.2) is 24.1 Å². The van der Waals surface area contributed by atoms with Crippen molar-refractivity contribution in [3.63, 3.8) is 0 Å². The van der Waals surface area contributed by atoms with Crippen LogP contribution < -0.4 is 10.6 Å². The number of halogens is 1. The van der Waals surface area contributed by atoms with Crippen LogP contribution in [0.15, 0.2) is 29.6 Å². The van der Waals surface area contributed by atoms with Crippen LogP contribution >= 0.6 is 11.3 Å². The van der Waals surface area contributed by atoms with Crippen LogP contribution in [0.5, 0.6) is 0 Å². The van der Waals surface area contributed by atoms with Crippen molar-refractivity contribution in [1.82, 2.24) is 5.32 Å². The molecule has 0 fully saturated rings. The van der Waals surface area contributed by atoms with E-state index in [1.165, 1.54) is 30.4 Å². The predicted octanol–water partition coefficient (Wildman–Crippen LogP) is 2.70. The number of thiophene rings is 1. The number of aryl methyl sites for hydroxylation is 1. The average molecular weight is 348 g/mol. The summed E-state index contributed by atoms with van der Waals surface area (Å²) in [4.78, 5) is 35.5. The first-order chi connectivity index (χ1) is 11.3. The summed E-state index contributed by atoms with van der Waals surface area (Å²) in [6.07, 6.45) is 0.0933. The number of carbonyl (C=O) groups is 3. The Morgan fingerprint density at radius 3 is 2.58 bits per heavy atom. The van der Waals surface area contributed by atoms with Crippen molar-refractivity contribution >= 4 is 34.6 Å². The fourth-order valence-corrected chi connectivity index (χ4v) is 2.82. The highest BCUT2D eigenvalue weighted by molar-refractivity contribution is 7.12. The maximum Gasteiger partial charge on any atom is 0.243 e. The quantitative estimate of drug-likeness (QED) is 0.788. The lowest BCUT2D eigenvalue weighted by Gasteiger charge is -2.09. The standard InChI is InChI=1S/C17H17FN2O3S/c1-10-3-4-13(18)7-14(10)20-17(23)8-19-16(22)6-12-5-15(11(2)21)24-9-12/h3-5,7,9H,6,8H2,1-2H3,(H,19,22)(H,20,23). The van der Waals surface area contributed by atoms with Gasteiger partial charge in [-0.1, -0.05) is 6.07 Å². The van der Waals surface area contributed by atoms with E-state index in [1.807, 2.05) is 0 Å². The van der Waals surface area contributed by atoms with Crippen molar-refractivity contribution in [3.8, 4) is 0 Å². The van der Waals surface area contributed by atoms with Crippen LogP contribution in [0.25, 0.3) is 0 Å². The second-order valence-electron chi connectivity index (χ2n) is 5.34. The number of Topliss-reactive ketones (excluding diaryl/α,β-unsaturated/α-hetero) is 1. The molecule has 0 aliphatic rings. The highest BCUT2D eigenvalue weighted by atomic mass is 32.1. The number of carbonyl (C=O) groups excluding carboxylic acids is 3. The number of rotatable bonds is 6. The highest BCUT2D eigenvalue weighted by Crippen LogP contribution is 2.16. The van der Waals surface area contributed by atoms with Gasteiger partial charge in [0.1, 0.15) is 5.82 Å². The molecule has 0 bridgehead atoms. The van der Waals surface area contributed by atoms with Gasteiger partial charge >= 0.3 is 0 Å². The topological polar surface area (TPSA) is 75.3 Å². The molecule has 0 saturated carbocycles. The molecule has 0 radical (unpaired) electrons. The maximum atomic E-state index is 13.2. The monoisotopic (exact) mass is 348 g/mol. The van der Waals surface area contributed by atoms with Gasteiger partial charge in [0.05, 0.1) is 17.8 Å². The second-order valence-corrected chi connectivity index (χ2v) is 6.25. The first kappa shape index (κ1) is 17.8. The summed E-state index contributed by atoms with van der Waals surface area (Å²) in [6, 6.07) is 5.77. The van der Waals surface area contributed by atoms with Gasteiger partial charge in [-0.15, -0.1) is 11.3 Å². The Labute approximate surface area is 142 Å². The first-order valence-corrected chi connectivity index (χ1v) is 8.14. The summed E-state index contributed by atoms with van der Waals surface area (Å²) < 4.78 is 13.2. The molecule has 2 aromatic rings. The van der Waals surface area contributed by atoms with Gasteiger partial charge in [0.25, 0.3) is 0 Å². The summed E-state index contributed by atoms with van der Waals surface area (Å²) in [5.74, 6) is -1.25. The van der Waals surface area contributed by atoms with E-state index >= 15 is 0 Å². The molecule has 7 heteroatoms. The predicted molar refractivity (Wildman–Crippen MR) is 90.8 cm³/mol. The number of nitrogens with one attached hydrogen (secondary N) is 2. The minimum Gasteiger partial charge on any atom is -0.347 e. The van der Waals surface area contributed by atoms with Crippen LogP contribution in [0.3, 0.4) is 0 Å². The van der Waals surface area contributed by atoms with E-state index < -0.39 is 11.7 Å².